The fourth-order valence-electron chi connectivity index (χ4n) is 8.89. The van der Waals surface area contributed by atoms with Gasteiger partial charge in [-0.1, -0.05) is 27.7 Å². The number of carbonyl (C=O) groups is 4. The molecule has 1 aliphatic carbocycles. The van der Waals surface area contributed by atoms with Crippen LogP contribution >= 0.6 is 11.3 Å². The van der Waals surface area contributed by atoms with Crippen molar-refractivity contribution in [3.63, 3.8) is 0 Å². The molecule has 0 spiro atoms. The molecule has 0 radical (unpaired) electrons. The van der Waals surface area contributed by atoms with Crippen LogP contribution in [-0.2, 0) is 46.4 Å². The Morgan fingerprint density at radius 3 is 2.69 bits per heavy atom. The van der Waals surface area contributed by atoms with E-state index in [0.29, 0.717) is 36.5 Å². The van der Waals surface area contributed by atoms with Gasteiger partial charge in [-0.2, -0.15) is 0 Å². The first kappa shape index (κ1) is 40.1. The van der Waals surface area contributed by atoms with Crippen molar-refractivity contribution in [2.24, 2.45) is 23.2 Å². The highest BCUT2D eigenvalue weighted by Gasteiger charge is 2.50. The predicted octanol–water partition coefficient (Wildman–Crippen LogP) is 5.60. The number of esters is 1. The lowest BCUT2D eigenvalue weighted by Gasteiger charge is -2.37. The van der Waals surface area contributed by atoms with Crippen LogP contribution in [0, 0.1) is 23.2 Å². The zero-order valence-electron chi connectivity index (χ0n) is 34.5. The van der Waals surface area contributed by atoms with E-state index in [1.54, 1.807) is 25.3 Å². The summed E-state index contributed by atoms with van der Waals surface area (Å²) in [6.07, 6.45) is 2.04. The van der Waals surface area contributed by atoms with Gasteiger partial charge in [0.1, 0.15) is 29.7 Å². The molecule has 2 N–H and O–H groups in total. The van der Waals surface area contributed by atoms with E-state index < -0.39 is 35.5 Å². The number of cyclic esters (lactones) is 1. The van der Waals surface area contributed by atoms with E-state index in [1.807, 2.05) is 51.3 Å². The lowest BCUT2D eigenvalue weighted by Crippen LogP contribution is -2.61. The number of fused-ring (bicyclic) bond motifs is 6. The van der Waals surface area contributed by atoms with Crippen molar-refractivity contribution in [1.82, 2.24) is 30.3 Å². The van der Waals surface area contributed by atoms with E-state index in [4.69, 9.17) is 24.2 Å². The summed E-state index contributed by atoms with van der Waals surface area (Å²) < 4.78 is 20.3. The Morgan fingerprint density at radius 2 is 1.97 bits per heavy atom. The number of rotatable bonds is 7. The summed E-state index contributed by atoms with van der Waals surface area (Å²) in [5, 5.41) is 7.90. The van der Waals surface area contributed by atoms with Gasteiger partial charge in [0.05, 0.1) is 41.0 Å². The van der Waals surface area contributed by atoms with Crippen molar-refractivity contribution in [2.75, 3.05) is 38.8 Å². The molecule has 58 heavy (non-hydrogen) atoms. The first-order chi connectivity index (χ1) is 27.7. The minimum Gasteiger partial charge on any atom is -0.464 e. The van der Waals surface area contributed by atoms with Crippen molar-refractivity contribution in [2.45, 2.75) is 91.6 Å². The Kier molecular flexibility index (Phi) is 10.7. The van der Waals surface area contributed by atoms with Crippen molar-refractivity contribution < 1.29 is 33.4 Å². The van der Waals surface area contributed by atoms with Gasteiger partial charge in [-0.15, -0.1) is 11.3 Å². The third-order valence-corrected chi connectivity index (χ3v) is 13.4. The summed E-state index contributed by atoms with van der Waals surface area (Å²) in [6, 6.07) is 6.14. The molecule has 1 unspecified atom stereocenters. The number of pyridine rings is 1. The summed E-state index contributed by atoms with van der Waals surface area (Å²) in [5.41, 5.74) is 9.11. The van der Waals surface area contributed by atoms with E-state index in [2.05, 4.69) is 35.2 Å². The monoisotopic (exact) mass is 811 g/mol. The average Bonchev–Trinajstić information content (AvgIpc) is 3.49. The van der Waals surface area contributed by atoms with Crippen LogP contribution in [0.2, 0.25) is 0 Å². The number of hydrogen-bond donors (Lipinski definition) is 2. The Balaban J connectivity index is 1.34. The van der Waals surface area contributed by atoms with Crippen molar-refractivity contribution in [3.05, 3.63) is 52.1 Å². The van der Waals surface area contributed by atoms with Gasteiger partial charge < -0.3 is 29.0 Å². The van der Waals surface area contributed by atoms with Crippen LogP contribution in [-0.4, -0.2) is 89.2 Å². The molecule has 4 aliphatic rings. The van der Waals surface area contributed by atoms with Crippen LogP contribution in [0.1, 0.15) is 82.9 Å². The van der Waals surface area contributed by atoms with Crippen LogP contribution in [0.15, 0.2) is 35.8 Å². The fraction of sp³-hybridized carbons (Fsp3) is 0.535. The quantitative estimate of drug-likeness (QED) is 0.226. The highest BCUT2D eigenvalue weighted by Crippen LogP contribution is 2.48. The van der Waals surface area contributed by atoms with Crippen molar-refractivity contribution in [3.8, 4) is 22.5 Å². The van der Waals surface area contributed by atoms with E-state index in [0.717, 1.165) is 44.7 Å². The summed E-state index contributed by atoms with van der Waals surface area (Å²) in [4.78, 5) is 67.6. The molecule has 6 bridgehead atoms. The zero-order valence-corrected chi connectivity index (χ0v) is 35.3. The largest absolute Gasteiger partial charge is 0.464 e. The molecule has 4 aromatic rings. The second-order valence-electron chi connectivity index (χ2n) is 17.0. The highest BCUT2D eigenvalue weighted by atomic mass is 32.1. The Labute approximate surface area is 342 Å². The second-order valence-corrected chi connectivity index (χ2v) is 17.9. The molecule has 308 valence electrons. The molecular formula is C43H53N7O7S. The number of ether oxygens (including phenoxy) is 3. The van der Waals surface area contributed by atoms with E-state index in [-0.39, 0.29) is 55.4 Å². The molecule has 14 nitrogen and oxygen atoms in total. The summed E-state index contributed by atoms with van der Waals surface area (Å²) in [6.45, 7) is 12.8. The summed E-state index contributed by atoms with van der Waals surface area (Å²) in [5.74, 6) is -0.990. The number of aromatic nitrogens is 3. The van der Waals surface area contributed by atoms with Gasteiger partial charge >= 0.3 is 5.97 Å². The lowest BCUT2D eigenvalue weighted by atomic mass is 9.84. The number of nitrogens with zero attached hydrogens (tertiary/aromatic N) is 5. The predicted molar refractivity (Wildman–Crippen MR) is 220 cm³/mol. The van der Waals surface area contributed by atoms with Gasteiger partial charge in [-0.25, -0.2) is 10.4 Å². The highest BCUT2D eigenvalue weighted by molar-refractivity contribution is 7.10. The molecule has 2 fully saturated rings. The smallest absolute Gasteiger partial charge is 0.324 e. The maximum atomic E-state index is 14.6. The van der Waals surface area contributed by atoms with Crippen molar-refractivity contribution in [1.29, 1.82) is 0 Å². The number of anilines is 1. The van der Waals surface area contributed by atoms with Gasteiger partial charge in [0.2, 0.25) is 11.8 Å². The molecule has 8 rings (SSSR count). The Hall–Kier alpha value is -4.70. The number of likely N-dealkylation sites (N-methyl/N-ethyl adjacent to an activating group) is 1. The molecule has 1 aromatic carbocycles. The first-order valence-corrected chi connectivity index (χ1v) is 21.2. The average molecular weight is 812 g/mol. The number of amides is 3. The van der Waals surface area contributed by atoms with Gasteiger partial charge in [-0.3, -0.25) is 29.2 Å². The molecule has 3 amide bonds. The number of hydrogen-bond acceptors (Lipinski definition) is 11. The van der Waals surface area contributed by atoms with E-state index >= 15 is 0 Å². The second kappa shape index (κ2) is 15.5. The van der Waals surface area contributed by atoms with Gasteiger partial charge in [0.15, 0.2) is 0 Å². The zero-order chi connectivity index (χ0) is 41.2. The van der Waals surface area contributed by atoms with Gasteiger partial charge in [0.25, 0.3) is 5.91 Å². The molecule has 15 heteroatoms. The molecule has 7 atom stereocenters. The molecular weight excluding hydrogens is 759 g/mol. The van der Waals surface area contributed by atoms with Gasteiger partial charge in [-0.05, 0) is 74.8 Å². The van der Waals surface area contributed by atoms with E-state index in [9.17, 15) is 19.2 Å². The SMILES string of the molecule is CCO[C@@H]1c2nc(cs2)-c2cc3c4c(c2)c(c(-c2cccnc2[C@H](C)OC)n4CC(=O)N3C)CC(C)(C)COC(=O)[C@@H]2CCCN(N2)C(=O)[C@H]1NC(=O)C1[C@@H](C)[C@H]1C. The van der Waals surface area contributed by atoms with Crippen LogP contribution in [0.3, 0.4) is 0 Å². The summed E-state index contributed by atoms with van der Waals surface area (Å²) in [7, 11) is 3.44. The number of hydrazine groups is 1. The topological polar surface area (TPSA) is 157 Å². The lowest BCUT2D eigenvalue weighted by molar-refractivity contribution is -0.156. The van der Waals surface area contributed by atoms with Crippen LogP contribution < -0.4 is 15.6 Å². The fourth-order valence-corrected chi connectivity index (χ4v) is 9.80. The number of benzene rings is 1. The minimum atomic E-state index is -1.12. The van der Waals surface area contributed by atoms with Gasteiger partial charge in [0, 0.05) is 66.7 Å². The number of nitrogens with one attached hydrogen (secondary N) is 2. The standard InChI is InChI=1S/C43H53N7O7S/c1-9-56-38-35(46-39(52)33-22(2)23(33)3)41(53)50-15-11-13-29(47-50)42(54)57-21-43(5,6)18-28-27-16-25(30-20-58-40(38)45-30)17-31-37(27)49(19-32(51)48(31)7)36(28)26-12-10-14-44-34(26)24(4)55-8/h10,12,14,16-17,20,22-24,29,33,35,38,47H,9,11,13,15,18-19,21H2,1-8H3,(H,46,52)/t22-,23+,24-,29-,33?,35-,38-/m0/s1. The minimum absolute atomic E-state index is 0.0773. The van der Waals surface area contributed by atoms with Crippen LogP contribution in [0.5, 0.6) is 0 Å². The Bertz CT molecular complexity index is 2280. The first-order valence-electron chi connectivity index (χ1n) is 20.3. The molecule has 3 aliphatic heterocycles. The third kappa shape index (κ3) is 7.09. The normalized spacial score (nSPS) is 26.3. The molecule has 3 aromatic heterocycles. The van der Waals surface area contributed by atoms with Crippen LogP contribution in [0.4, 0.5) is 5.69 Å². The molecule has 1 saturated carbocycles. The third-order valence-electron chi connectivity index (χ3n) is 12.5. The Morgan fingerprint density at radius 1 is 1.19 bits per heavy atom. The van der Waals surface area contributed by atoms with Crippen LogP contribution in [0.25, 0.3) is 33.4 Å². The maximum absolute atomic E-state index is 14.6. The molecule has 6 heterocycles. The number of methoxy groups -OCH3 is 1. The van der Waals surface area contributed by atoms with Crippen molar-refractivity contribution >= 4 is 51.6 Å². The number of thiazole rings is 1. The molecule has 1 saturated heterocycles. The van der Waals surface area contributed by atoms with E-state index in [1.165, 1.54) is 16.3 Å². The number of carbonyl (C=O) groups excluding carboxylic acids is 4. The summed E-state index contributed by atoms with van der Waals surface area (Å²) >= 11 is 1.35. The maximum Gasteiger partial charge on any atom is 0.324 e.